The van der Waals surface area contributed by atoms with E-state index in [4.69, 9.17) is 10.5 Å². The number of nitrogens with zero attached hydrogens (tertiary/aromatic N) is 4. The fourth-order valence-corrected chi connectivity index (χ4v) is 6.52. The van der Waals surface area contributed by atoms with Gasteiger partial charge in [-0.2, -0.15) is 5.26 Å². The monoisotopic (exact) mass is 533 g/mol. The predicted octanol–water partition coefficient (Wildman–Crippen LogP) is 5.65. The zero-order valence-corrected chi connectivity index (χ0v) is 22.5. The van der Waals surface area contributed by atoms with Crippen molar-refractivity contribution in [3.05, 3.63) is 89.7 Å². The Hall–Kier alpha value is -4.64. The first-order chi connectivity index (χ1) is 19.2. The number of benzene rings is 3. The highest BCUT2D eigenvalue weighted by Gasteiger charge is 2.51. The molecule has 2 atom stereocenters. The van der Waals surface area contributed by atoms with Crippen molar-refractivity contribution in [3.63, 3.8) is 0 Å². The van der Waals surface area contributed by atoms with Gasteiger partial charge in [0.15, 0.2) is 0 Å². The Morgan fingerprint density at radius 2 is 1.93 bits per heavy atom. The molecule has 40 heavy (non-hydrogen) atoms. The van der Waals surface area contributed by atoms with Crippen LogP contribution in [0.15, 0.2) is 73.1 Å². The largest absolute Gasteiger partial charge is 0.441 e. The molecule has 3 aromatic carbocycles. The van der Waals surface area contributed by atoms with Crippen molar-refractivity contribution in [1.82, 2.24) is 14.5 Å². The molecule has 0 bridgehead atoms. The van der Waals surface area contributed by atoms with E-state index in [0.29, 0.717) is 24.2 Å². The lowest BCUT2D eigenvalue weighted by Crippen LogP contribution is -2.44. The molecule has 202 valence electrons. The number of amides is 2. The van der Waals surface area contributed by atoms with E-state index < -0.39 is 11.5 Å². The number of nitrogens with two attached hydrogens (primary N) is 1. The second kappa shape index (κ2) is 9.83. The number of nitriles is 1. The highest BCUT2D eigenvalue weighted by Crippen LogP contribution is 2.47. The predicted molar refractivity (Wildman–Crippen MR) is 151 cm³/mol. The average molecular weight is 534 g/mol. The Labute approximate surface area is 233 Å². The number of ether oxygens (including phenoxy) is 1. The topological polar surface area (TPSA) is 114 Å². The fourth-order valence-electron chi connectivity index (χ4n) is 6.52. The minimum atomic E-state index is -0.513. The lowest BCUT2D eigenvalue weighted by Gasteiger charge is -2.43. The maximum atomic E-state index is 13.1. The Kier molecular flexibility index (Phi) is 6.30. The molecule has 6 rings (SSSR count). The van der Waals surface area contributed by atoms with E-state index >= 15 is 0 Å². The third kappa shape index (κ3) is 4.91. The van der Waals surface area contributed by atoms with Crippen molar-refractivity contribution in [1.29, 1.82) is 5.26 Å². The maximum Gasteiger partial charge on any atom is 0.410 e. The summed E-state index contributed by atoms with van der Waals surface area (Å²) in [6.07, 6.45) is 5.20. The number of fused-ring (bicyclic) bond motifs is 1. The van der Waals surface area contributed by atoms with E-state index in [9.17, 15) is 14.9 Å². The fraction of sp³-hybridized carbons (Fsp3) is 0.312. The van der Waals surface area contributed by atoms with Crippen LogP contribution in [0.2, 0.25) is 0 Å². The van der Waals surface area contributed by atoms with Gasteiger partial charge in [-0.3, -0.25) is 9.69 Å². The molecule has 2 N–H and O–H groups in total. The molecule has 2 heterocycles. The summed E-state index contributed by atoms with van der Waals surface area (Å²) in [4.78, 5) is 30.8. The number of hydrogen-bond donors (Lipinski definition) is 1. The van der Waals surface area contributed by atoms with Gasteiger partial charge in [0.2, 0.25) is 5.91 Å². The molecule has 1 aromatic heterocycles. The summed E-state index contributed by atoms with van der Waals surface area (Å²) in [5.74, 6) is -0.452. The normalized spacial score (nSPS) is 22.4. The van der Waals surface area contributed by atoms with Crippen LogP contribution < -0.4 is 5.73 Å². The summed E-state index contributed by atoms with van der Waals surface area (Å²) >= 11 is 0. The molecule has 1 spiro atoms. The number of carbonyl (C=O) groups is 2. The van der Waals surface area contributed by atoms with Crippen LogP contribution in [0.4, 0.5) is 4.79 Å². The van der Waals surface area contributed by atoms with Crippen LogP contribution >= 0.6 is 0 Å². The molecular formula is C32H31N5O3. The molecule has 2 unspecified atom stereocenters. The number of rotatable bonds is 6. The smallest absolute Gasteiger partial charge is 0.410 e. The van der Waals surface area contributed by atoms with Gasteiger partial charge < -0.3 is 15.0 Å². The van der Waals surface area contributed by atoms with Gasteiger partial charge in [-0.05, 0) is 84.2 Å². The number of aromatic nitrogens is 2. The summed E-state index contributed by atoms with van der Waals surface area (Å²) in [6.45, 7) is 4.03. The van der Waals surface area contributed by atoms with Crippen LogP contribution in [0.5, 0.6) is 0 Å². The van der Waals surface area contributed by atoms with Crippen LogP contribution in [-0.2, 0) is 17.8 Å². The third-order valence-electron chi connectivity index (χ3n) is 8.31. The van der Waals surface area contributed by atoms with Gasteiger partial charge >= 0.3 is 6.09 Å². The van der Waals surface area contributed by atoms with Gasteiger partial charge in [0.05, 0.1) is 35.5 Å². The average Bonchev–Trinajstić information content (AvgIpc) is 3.47. The SMILES string of the molecule is CC1(Cn2cnc3ccc(C#N)cc32)CCCC2(CN(Cc3cccc(-c4ccc(C(N)=O)cc4)c3)C(=O)O2)C1. The van der Waals surface area contributed by atoms with Crippen LogP contribution in [0, 0.1) is 16.7 Å². The van der Waals surface area contributed by atoms with Crippen molar-refractivity contribution >= 4 is 23.0 Å². The molecule has 1 aliphatic heterocycles. The molecule has 2 amide bonds. The Bertz CT molecular complexity index is 1650. The summed E-state index contributed by atoms with van der Waals surface area (Å²) in [6, 6.07) is 23.1. The lowest BCUT2D eigenvalue weighted by atomic mass is 9.68. The van der Waals surface area contributed by atoms with Crippen molar-refractivity contribution in [2.45, 2.75) is 51.3 Å². The minimum absolute atomic E-state index is 0.0815. The van der Waals surface area contributed by atoms with Crippen molar-refractivity contribution < 1.29 is 14.3 Å². The Balaban J connectivity index is 1.17. The molecule has 0 radical (unpaired) electrons. The second-order valence-corrected chi connectivity index (χ2v) is 11.6. The van der Waals surface area contributed by atoms with Crippen LogP contribution in [0.3, 0.4) is 0 Å². The quantitative estimate of drug-likeness (QED) is 0.344. The number of imidazole rings is 1. The summed E-state index contributed by atoms with van der Waals surface area (Å²) in [5, 5.41) is 9.35. The lowest BCUT2D eigenvalue weighted by molar-refractivity contribution is -0.0270. The standard InChI is InChI=1S/C32H31N5O3/c1-31(19-37-21-35-27-11-6-22(16-33)15-28(27)37)12-3-13-32(18-31)20-36(30(39)40-32)17-23-4-2-5-26(14-23)24-7-9-25(10-8-24)29(34)38/h2,4-11,14-15,21H,3,12-13,17-20H2,1H3,(H2,34,38). The molecule has 8 nitrogen and oxygen atoms in total. The highest BCUT2D eigenvalue weighted by atomic mass is 16.6. The zero-order valence-electron chi connectivity index (χ0n) is 22.5. The molecule has 2 fully saturated rings. The number of hydrogen-bond acceptors (Lipinski definition) is 5. The van der Waals surface area contributed by atoms with Gasteiger partial charge in [0.25, 0.3) is 0 Å². The molecule has 1 saturated heterocycles. The van der Waals surface area contributed by atoms with Crippen LogP contribution in [-0.4, -0.2) is 38.6 Å². The summed E-state index contributed by atoms with van der Waals surface area (Å²) in [7, 11) is 0. The molecule has 1 saturated carbocycles. The zero-order chi connectivity index (χ0) is 27.9. The first kappa shape index (κ1) is 25.6. The van der Waals surface area contributed by atoms with E-state index in [1.807, 2.05) is 53.7 Å². The number of carbonyl (C=O) groups excluding carboxylic acids is 2. The first-order valence-corrected chi connectivity index (χ1v) is 13.6. The number of primary amides is 1. The van der Waals surface area contributed by atoms with Crippen molar-refractivity contribution in [2.75, 3.05) is 6.54 Å². The van der Waals surface area contributed by atoms with Crippen molar-refractivity contribution in [3.8, 4) is 17.2 Å². The Morgan fingerprint density at radius 1 is 1.10 bits per heavy atom. The summed E-state index contributed by atoms with van der Waals surface area (Å²) < 4.78 is 8.27. The van der Waals surface area contributed by atoms with Gasteiger partial charge in [0.1, 0.15) is 5.60 Å². The molecule has 4 aromatic rings. The van der Waals surface area contributed by atoms with E-state index in [1.54, 1.807) is 18.2 Å². The maximum absolute atomic E-state index is 13.1. The van der Waals surface area contributed by atoms with Gasteiger partial charge in [-0.1, -0.05) is 37.3 Å². The molecule has 1 aliphatic carbocycles. The first-order valence-electron chi connectivity index (χ1n) is 13.6. The molecule has 2 aliphatic rings. The van der Waals surface area contributed by atoms with Gasteiger partial charge in [-0.15, -0.1) is 0 Å². The van der Waals surface area contributed by atoms with Crippen LogP contribution in [0.25, 0.3) is 22.2 Å². The van der Waals surface area contributed by atoms with Gasteiger partial charge in [-0.25, -0.2) is 9.78 Å². The molecule has 8 heteroatoms. The van der Waals surface area contributed by atoms with E-state index in [-0.39, 0.29) is 11.5 Å². The third-order valence-corrected chi connectivity index (χ3v) is 8.31. The van der Waals surface area contributed by atoms with E-state index in [1.165, 1.54) is 0 Å². The van der Waals surface area contributed by atoms with Crippen molar-refractivity contribution in [2.24, 2.45) is 11.1 Å². The van der Waals surface area contributed by atoms with Gasteiger partial charge in [0, 0.05) is 18.7 Å². The van der Waals surface area contributed by atoms with E-state index in [0.717, 1.165) is 60.0 Å². The minimum Gasteiger partial charge on any atom is -0.441 e. The highest BCUT2D eigenvalue weighted by molar-refractivity contribution is 5.93. The summed E-state index contributed by atoms with van der Waals surface area (Å²) in [5.41, 5.74) is 10.7. The second-order valence-electron chi connectivity index (χ2n) is 11.6. The Morgan fingerprint density at radius 3 is 2.70 bits per heavy atom. The van der Waals surface area contributed by atoms with E-state index in [2.05, 4.69) is 28.6 Å². The van der Waals surface area contributed by atoms with Crippen LogP contribution in [0.1, 0.15) is 54.1 Å². The molecular weight excluding hydrogens is 502 g/mol.